The van der Waals surface area contributed by atoms with E-state index in [1.165, 1.54) is 42.3 Å². The fourth-order valence-corrected chi connectivity index (χ4v) is 10.7. The number of nitrogens with one attached hydrogen (secondary N) is 1. The zero-order valence-corrected chi connectivity index (χ0v) is 26.7. The van der Waals surface area contributed by atoms with E-state index >= 15 is 0 Å². The van der Waals surface area contributed by atoms with Gasteiger partial charge in [-0.1, -0.05) is 24.3 Å². The van der Waals surface area contributed by atoms with Crippen LogP contribution in [0.15, 0.2) is 82.8 Å². The van der Waals surface area contributed by atoms with Gasteiger partial charge < -0.3 is 9.15 Å². The van der Waals surface area contributed by atoms with Gasteiger partial charge in [0.2, 0.25) is 15.9 Å². The maximum Gasteiger partial charge on any atom is 0.245 e. The molecule has 0 bridgehead atoms. The molecule has 1 aromatic carbocycles. The number of sulfonamides is 1. The van der Waals surface area contributed by atoms with Crippen molar-refractivity contribution in [1.82, 2.24) is 19.8 Å². The Balaban J connectivity index is 1.32. The molecule has 1 amide bonds. The van der Waals surface area contributed by atoms with Gasteiger partial charge in [0.25, 0.3) is 0 Å². The predicted octanol–water partition coefficient (Wildman–Crippen LogP) is 4.13. The summed E-state index contributed by atoms with van der Waals surface area (Å²) < 4.78 is 65.7. The molecule has 2 aliphatic heterocycles. The van der Waals surface area contributed by atoms with Crippen LogP contribution in [0.3, 0.4) is 0 Å². The molecule has 3 aromatic heterocycles. The zero-order chi connectivity index (χ0) is 31.5. The van der Waals surface area contributed by atoms with Crippen molar-refractivity contribution in [2.24, 2.45) is 0 Å². The van der Waals surface area contributed by atoms with E-state index in [1.54, 1.807) is 12.3 Å². The molecule has 2 saturated heterocycles. The minimum Gasteiger partial charge on any atom is -0.444 e. The SMILES string of the molecule is O=C(CC1(c2ccc(-c3ccc(-c4cnco4)cc3)s2)CCN(S(=O)(=O)c2cccnc2)CCS1(=O)=O)NOC1CCCCO1. The van der Waals surface area contributed by atoms with Gasteiger partial charge in [-0.3, -0.25) is 9.78 Å². The minimum absolute atomic E-state index is 0.0271. The number of rotatable bonds is 9. The van der Waals surface area contributed by atoms with Crippen molar-refractivity contribution in [2.45, 2.75) is 48.0 Å². The number of carbonyl (C=O) groups excluding carboxylic acids is 1. The maximum atomic E-state index is 14.2. The average molecular weight is 673 g/mol. The van der Waals surface area contributed by atoms with E-state index in [2.05, 4.69) is 15.4 Å². The molecule has 2 unspecified atom stereocenters. The summed E-state index contributed by atoms with van der Waals surface area (Å²) in [5.74, 6) is -0.483. The summed E-state index contributed by atoms with van der Waals surface area (Å²) in [6.07, 6.45) is 6.87. The molecule has 15 heteroatoms. The second kappa shape index (κ2) is 13.1. The number of hydrogen-bond acceptors (Lipinski definition) is 11. The highest BCUT2D eigenvalue weighted by Crippen LogP contribution is 2.46. The topological polar surface area (TPSA) is 158 Å². The number of ether oxygens (including phenoxy) is 1. The lowest BCUT2D eigenvalue weighted by Crippen LogP contribution is -2.43. The number of pyridine rings is 1. The number of amides is 1. The van der Waals surface area contributed by atoms with Crippen molar-refractivity contribution in [3.63, 3.8) is 0 Å². The Kier molecular flexibility index (Phi) is 9.17. The molecule has 6 rings (SSSR count). The van der Waals surface area contributed by atoms with Crippen LogP contribution in [0.1, 0.15) is 37.0 Å². The Morgan fingerprint density at radius 2 is 1.89 bits per heavy atom. The molecule has 0 saturated carbocycles. The molecule has 2 atom stereocenters. The third-order valence-electron chi connectivity index (χ3n) is 8.07. The summed E-state index contributed by atoms with van der Waals surface area (Å²) in [5, 5.41) is 0. The third-order valence-corrected chi connectivity index (χ3v) is 13.9. The first kappa shape index (κ1) is 31.5. The van der Waals surface area contributed by atoms with Crippen LogP contribution in [0.2, 0.25) is 0 Å². The largest absolute Gasteiger partial charge is 0.444 e. The Bertz CT molecular complexity index is 1820. The zero-order valence-electron chi connectivity index (χ0n) is 24.2. The summed E-state index contributed by atoms with van der Waals surface area (Å²) in [4.78, 5) is 27.9. The number of thiophene rings is 1. The highest BCUT2D eigenvalue weighted by atomic mass is 32.2. The highest BCUT2D eigenvalue weighted by molar-refractivity contribution is 7.92. The molecular formula is C30H32N4O8S3. The summed E-state index contributed by atoms with van der Waals surface area (Å²) in [6, 6.07) is 14.0. The second-order valence-corrected chi connectivity index (χ2v) is 16.3. The van der Waals surface area contributed by atoms with Gasteiger partial charge in [-0.25, -0.2) is 32.1 Å². The lowest BCUT2D eigenvalue weighted by Gasteiger charge is -2.31. The summed E-state index contributed by atoms with van der Waals surface area (Å²) in [6.45, 7) is 0.142. The molecule has 2 fully saturated rings. The molecule has 0 aliphatic carbocycles. The van der Waals surface area contributed by atoms with Crippen molar-refractivity contribution >= 4 is 37.1 Å². The minimum atomic E-state index is -4.07. The molecule has 1 N–H and O–H groups in total. The van der Waals surface area contributed by atoms with Crippen molar-refractivity contribution in [1.29, 1.82) is 0 Å². The van der Waals surface area contributed by atoms with Crippen molar-refractivity contribution in [3.05, 3.63) is 78.4 Å². The molecular weight excluding hydrogens is 641 g/mol. The fraction of sp³-hybridized carbons (Fsp3) is 0.367. The van der Waals surface area contributed by atoms with Gasteiger partial charge in [-0.2, -0.15) is 4.31 Å². The number of nitrogens with zero attached hydrogens (tertiary/aromatic N) is 3. The number of sulfone groups is 1. The summed E-state index contributed by atoms with van der Waals surface area (Å²) in [5.41, 5.74) is 4.08. The van der Waals surface area contributed by atoms with Crippen LogP contribution in [0.4, 0.5) is 0 Å². The summed E-state index contributed by atoms with van der Waals surface area (Å²) in [7, 11) is -8.10. The van der Waals surface area contributed by atoms with Crippen LogP contribution in [-0.4, -0.2) is 68.8 Å². The Morgan fingerprint density at radius 3 is 2.60 bits per heavy atom. The molecule has 2 aliphatic rings. The van der Waals surface area contributed by atoms with Crippen LogP contribution < -0.4 is 5.48 Å². The van der Waals surface area contributed by atoms with Crippen molar-refractivity contribution in [3.8, 4) is 21.8 Å². The Morgan fingerprint density at radius 1 is 1.07 bits per heavy atom. The lowest BCUT2D eigenvalue weighted by atomic mass is 9.97. The smallest absolute Gasteiger partial charge is 0.245 e. The predicted molar refractivity (Wildman–Crippen MR) is 166 cm³/mol. The van der Waals surface area contributed by atoms with E-state index in [0.29, 0.717) is 23.7 Å². The van der Waals surface area contributed by atoms with Crippen LogP contribution in [0.5, 0.6) is 0 Å². The van der Waals surface area contributed by atoms with E-state index in [0.717, 1.165) is 33.2 Å². The highest BCUT2D eigenvalue weighted by Gasteiger charge is 2.50. The van der Waals surface area contributed by atoms with E-state index in [1.807, 2.05) is 30.3 Å². The van der Waals surface area contributed by atoms with Gasteiger partial charge in [-0.15, -0.1) is 11.3 Å². The van der Waals surface area contributed by atoms with E-state index in [4.69, 9.17) is 14.0 Å². The van der Waals surface area contributed by atoms with Gasteiger partial charge >= 0.3 is 0 Å². The van der Waals surface area contributed by atoms with Gasteiger partial charge in [-0.05, 0) is 49.1 Å². The standard InChI is InChI=1S/C30H32N4O8S3/c35-28(33-42-29-5-1-2-16-40-29)18-30(12-14-34(15-17-44(30,36)37)45(38,39)24-4-3-13-31-19-24)27-11-10-26(43-27)23-8-6-22(7-9-23)25-20-32-21-41-25/h3-4,6-11,13,19-21,29H,1-2,5,12,14-18H2,(H,33,35). The molecule has 5 heterocycles. The van der Waals surface area contributed by atoms with Gasteiger partial charge in [0.1, 0.15) is 9.64 Å². The lowest BCUT2D eigenvalue weighted by molar-refractivity contribution is -0.200. The second-order valence-electron chi connectivity index (χ2n) is 10.9. The van der Waals surface area contributed by atoms with Crippen LogP contribution in [-0.2, 0) is 39.0 Å². The number of aromatic nitrogens is 2. The van der Waals surface area contributed by atoms with E-state index in [9.17, 15) is 21.6 Å². The fourth-order valence-electron chi connectivity index (χ4n) is 5.57. The average Bonchev–Trinajstić information content (AvgIpc) is 3.76. The van der Waals surface area contributed by atoms with E-state index < -0.39 is 49.0 Å². The third kappa shape index (κ3) is 6.59. The molecule has 0 radical (unpaired) electrons. The molecule has 12 nitrogen and oxygen atoms in total. The summed E-state index contributed by atoms with van der Waals surface area (Å²) >= 11 is 1.26. The van der Waals surface area contributed by atoms with Crippen LogP contribution in [0, 0.1) is 0 Å². The first-order valence-electron chi connectivity index (χ1n) is 14.5. The molecule has 45 heavy (non-hydrogen) atoms. The van der Waals surface area contributed by atoms with Crippen LogP contribution in [0.25, 0.3) is 21.8 Å². The monoisotopic (exact) mass is 672 g/mol. The first-order valence-corrected chi connectivity index (χ1v) is 18.4. The van der Waals surface area contributed by atoms with Gasteiger partial charge in [0.05, 0.1) is 18.4 Å². The van der Waals surface area contributed by atoms with E-state index in [-0.39, 0.29) is 24.4 Å². The van der Waals surface area contributed by atoms with Crippen molar-refractivity contribution in [2.75, 3.05) is 25.4 Å². The molecule has 0 spiro atoms. The van der Waals surface area contributed by atoms with Gasteiger partial charge in [0.15, 0.2) is 28.3 Å². The quantitative estimate of drug-likeness (QED) is 0.256. The number of oxazole rings is 1. The Hall–Kier alpha value is -3.47. The van der Waals surface area contributed by atoms with Crippen molar-refractivity contribution < 1.29 is 35.6 Å². The normalized spacial score (nSPS) is 22.4. The van der Waals surface area contributed by atoms with Crippen LogP contribution >= 0.6 is 11.3 Å². The van der Waals surface area contributed by atoms with Gasteiger partial charge in [0, 0.05) is 53.8 Å². The Labute approximate surface area is 265 Å². The maximum absolute atomic E-state index is 14.2. The number of hydroxylamine groups is 1. The number of benzene rings is 1. The number of carbonyl (C=O) groups is 1. The molecule has 238 valence electrons. The molecule has 4 aromatic rings. The first-order chi connectivity index (χ1) is 21.7. The number of hydrogen-bond donors (Lipinski definition) is 1.